The first-order chi connectivity index (χ1) is 10.9. The number of hydrogen-bond acceptors (Lipinski definition) is 5. The predicted molar refractivity (Wildman–Crippen MR) is 98.6 cm³/mol. The Morgan fingerprint density at radius 3 is 1.71 bits per heavy atom. The van der Waals surface area contributed by atoms with Gasteiger partial charge in [-0.15, -0.1) is 0 Å². The van der Waals surface area contributed by atoms with E-state index in [1.54, 1.807) is 34.6 Å². The van der Waals surface area contributed by atoms with Crippen LogP contribution in [0.1, 0.15) is 48.0 Å². The van der Waals surface area contributed by atoms with Crippen LogP contribution in [-0.4, -0.2) is 44.9 Å². The highest BCUT2D eigenvalue weighted by molar-refractivity contribution is 9.10. The van der Waals surface area contributed by atoms with Gasteiger partial charge in [0.15, 0.2) is 11.6 Å². The van der Waals surface area contributed by atoms with Crippen LogP contribution in [0.15, 0.2) is 0 Å². The fourth-order valence-corrected chi connectivity index (χ4v) is 2.50. The smallest absolute Gasteiger partial charge is 0.316 e. The summed E-state index contributed by atoms with van der Waals surface area (Å²) in [5, 5.41) is 8.81. The summed E-state index contributed by atoms with van der Waals surface area (Å²) in [5.41, 5.74) is -1.25. The summed E-state index contributed by atoms with van der Waals surface area (Å²) < 4.78 is 4.69. The van der Waals surface area contributed by atoms with E-state index in [0.29, 0.717) is 13.0 Å². The third-order valence-electron chi connectivity index (χ3n) is 3.54. The lowest BCUT2D eigenvalue weighted by atomic mass is 9.82. The van der Waals surface area contributed by atoms with Crippen LogP contribution < -0.4 is 0 Å². The number of esters is 1. The largest absolute Gasteiger partial charge is 0.481 e. The van der Waals surface area contributed by atoms with Gasteiger partial charge < -0.3 is 9.84 Å². The lowest BCUT2D eigenvalue weighted by Gasteiger charge is -2.22. The van der Waals surface area contributed by atoms with E-state index in [1.807, 2.05) is 0 Å². The number of carbonyl (C=O) groups excluding carboxylic acids is 3. The molecule has 4 atom stereocenters. The Morgan fingerprint density at radius 1 is 1.04 bits per heavy atom. The fraction of sp³-hybridized carbons (Fsp3) is 0.750. The SMILES string of the molecule is CCC(C)(C(=O)O)C(=O)C(C)Br.CCOC(=O)C(C)C(=O)C(C)Br. The molecular weight excluding hydrogens is 448 g/mol. The number of rotatable bonds is 8. The average Bonchev–Trinajstić information content (AvgIpc) is 2.52. The van der Waals surface area contributed by atoms with Crippen molar-refractivity contribution in [2.45, 2.75) is 57.6 Å². The zero-order valence-corrected chi connectivity index (χ0v) is 18.1. The molecule has 0 aliphatic rings. The molecule has 0 heterocycles. The van der Waals surface area contributed by atoms with Gasteiger partial charge in [-0.1, -0.05) is 38.8 Å². The lowest BCUT2D eigenvalue weighted by Crippen LogP contribution is -2.39. The van der Waals surface area contributed by atoms with Gasteiger partial charge in [0.1, 0.15) is 11.3 Å². The highest BCUT2D eigenvalue weighted by Crippen LogP contribution is 2.26. The van der Waals surface area contributed by atoms with Crippen molar-refractivity contribution < 1.29 is 29.0 Å². The molecule has 4 unspecified atom stereocenters. The van der Waals surface area contributed by atoms with E-state index in [9.17, 15) is 19.2 Å². The van der Waals surface area contributed by atoms with Crippen molar-refractivity contribution in [1.29, 1.82) is 0 Å². The summed E-state index contributed by atoms with van der Waals surface area (Å²) in [4.78, 5) is 43.7. The molecule has 140 valence electrons. The maximum Gasteiger partial charge on any atom is 0.316 e. The topological polar surface area (TPSA) is 97.7 Å². The molecule has 0 aliphatic heterocycles. The molecular formula is C16H26Br2O6. The van der Waals surface area contributed by atoms with Crippen LogP contribution >= 0.6 is 31.9 Å². The molecule has 0 fully saturated rings. The van der Waals surface area contributed by atoms with Crippen LogP contribution in [-0.2, 0) is 23.9 Å². The van der Waals surface area contributed by atoms with Gasteiger partial charge in [0, 0.05) is 0 Å². The van der Waals surface area contributed by atoms with Crippen molar-refractivity contribution in [3.8, 4) is 0 Å². The van der Waals surface area contributed by atoms with Gasteiger partial charge in [0.25, 0.3) is 0 Å². The molecule has 0 saturated carbocycles. The monoisotopic (exact) mass is 472 g/mol. The summed E-state index contributed by atoms with van der Waals surface area (Å²) >= 11 is 6.17. The minimum absolute atomic E-state index is 0.145. The highest BCUT2D eigenvalue weighted by atomic mass is 79.9. The van der Waals surface area contributed by atoms with E-state index in [-0.39, 0.29) is 16.4 Å². The summed E-state index contributed by atoms with van der Waals surface area (Å²) in [6.45, 7) is 10.1. The zero-order valence-electron chi connectivity index (χ0n) is 14.9. The number of halogens is 2. The minimum atomic E-state index is -1.25. The normalized spacial score (nSPS) is 16.5. The summed E-state index contributed by atoms with van der Waals surface area (Å²) in [7, 11) is 0. The molecule has 1 N–H and O–H groups in total. The molecule has 0 bridgehead atoms. The van der Waals surface area contributed by atoms with Crippen molar-refractivity contribution in [2.75, 3.05) is 6.61 Å². The zero-order chi connectivity index (χ0) is 19.7. The molecule has 0 saturated heterocycles. The number of alkyl halides is 2. The lowest BCUT2D eigenvalue weighted by molar-refractivity contribution is -0.154. The molecule has 24 heavy (non-hydrogen) atoms. The number of ketones is 2. The number of carbonyl (C=O) groups is 4. The number of Topliss-reactive ketones (excluding diaryl/α,β-unsaturated/α-hetero) is 2. The Morgan fingerprint density at radius 2 is 1.50 bits per heavy atom. The quantitative estimate of drug-likeness (QED) is 0.329. The van der Waals surface area contributed by atoms with Gasteiger partial charge in [-0.25, -0.2) is 0 Å². The Labute approximate surface area is 160 Å². The molecule has 0 radical (unpaired) electrons. The fourth-order valence-electron chi connectivity index (χ4n) is 1.60. The van der Waals surface area contributed by atoms with Gasteiger partial charge in [-0.3, -0.25) is 19.2 Å². The summed E-state index contributed by atoms with van der Waals surface area (Å²) in [5.74, 6) is -2.60. The standard InChI is InChI=1S/2C8H13BrO3/c1-4-8(3,7(11)12)6(10)5(2)9;1-4-12-8(11)5(2)7(10)6(3)9/h5H,4H2,1-3H3,(H,11,12);5-6H,4H2,1-3H3. The maximum absolute atomic E-state index is 11.4. The third kappa shape index (κ3) is 7.88. The van der Waals surface area contributed by atoms with E-state index >= 15 is 0 Å². The molecule has 0 aromatic heterocycles. The van der Waals surface area contributed by atoms with Crippen LogP contribution in [0.3, 0.4) is 0 Å². The molecule has 0 aromatic rings. The first kappa shape index (κ1) is 25.5. The summed E-state index contributed by atoms with van der Waals surface area (Å²) in [6, 6.07) is 0. The Kier molecular flexibility index (Phi) is 12.5. The second kappa shape index (κ2) is 11.7. The highest BCUT2D eigenvalue weighted by Gasteiger charge is 2.40. The Hall–Kier alpha value is -0.760. The minimum Gasteiger partial charge on any atom is -0.481 e. The molecule has 0 aromatic carbocycles. The van der Waals surface area contributed by atoms with E-state index in [4.69, 9.17) is 9.84 Å². The van der Waals surface area contributed by atoms with Crippen molar-refractivity contribution in [3.63, 3.8) is 0 Å². The Bertz CT molecular complexity index is 459. The molecule has 0 rings (SSSR count). The van der Waals surface area contributed by atoms with Crippen LogP contribution in [0.5, 0.6) is 0 Å². The third-order valence-corrected chi connectivity index (χ3v) is 4.41. The molecule has 0 aliphatic carbocycles. The van der Waals surface area contributed by atoms with E-state index in [0.717, 1.165) is 0 Å². The molecule has 8 heteroatoms. The summed E-state index contributed by atoms with van der Waals surface area (Å²) in [6.07, 6.45) is 0.317. The van der Waals surface area contributed by atoms with Gasteiger partial charge >= 0.3 is 11.9 Å². The predicted octanol–water partition coefficient (Wildman–Crippen LogP) is 3.38. The number of ether oxygens (including phenoxy) is 1. The number of hydrogen-bond donors (Lipinski definition) is 1. The van der Waals surface area contributed by atoms with Crippen molar-refractivity contribution in [2.24, 2.45) is 11.3 Å². The Balaban J connectivity index is 0. The van der Waals surface area contributed by atoms with Gasteiger partial charge in [0.05, 0.1) is 16.3 Å². The number of aliphatic carboxylic acids is 1. The number of carboxylic acid groups (broad SMARTS) is 1. The van der Waals surface area contributed by atoms with Crippen molar-refractivity contribution >= 4 is 55.4 Å². The first-order valence-corrected chi connectivity index (χ1v) is 9.46. The molecule has 0 amide bonds. The van der Waals surface area contributed by atoms with Crippen molar-refractivity contribution in [1.82, 2.24) is 0 Å². The second-order valence-electron chi connectivity index (χ2n) is 5.46. The van der Waals surface area contributed by atoms with E-state index in [1.165, 1.54) is 6.92 Å². The molecule has 6 nitrogen and oxygen atoms in total. The second-order valence-corrected chi connectivity index (χ2v) is 8.21. The van der Waals surface area contributed by atoms with Gasteiger partial charge in [-0.05, 0) is 41.0 Å². The van der Waals surface area contributed by atoms with Crippen LogP contribution in [0.2, 0.25) is 0 Å². The van der Waals surface area contributed by atoms with Crippen LogP contribution in [0.25, 0.3) is 0 Å². The first-order valence-electron chi connectivity index (χ1n) is 7.62. The van der Waals surface area contributed by atoms with Gasteiger partial charge in [-0.2, -0.15) is 0 Å². The van der Waals surface area contributed by atoms with Crippen molar-refractivity contribution in [3.05, 3.63) is 0 Å². The average molecular weight is 474 g/mol. The number of carboxylic acids is 1. The van der Waals surface area contributed by atoms with Crippen LogP contribution in [0, 0.1) is 11.3 Å². The van der Waals surface area contributed by atoms with Gasteiger partial charge in [0.2, 0.25) is 0 Å². The maximum atomic E-state index is 11.4. The van der Waals surface area contributed by atoms with E-state index < -0.39 is 28.1 Å². The molecule has 0 spiro atoms. The van der Waals surface area contributed by atoms with Crippen LogP contribution in [0.4, 0.5) is 0 Å². The van der Waals surface area contributed by atoms with E-state index in [2.05, 4.69) is 31.9 Å².